The van der Waals surface area contributed by atoms with E-state index in [1.807, 2.05) is 0 Å². The van der Waals surface area contributed by atoms with E-state index < -0.39 is 0 Å². The van der Waals surface area contributed by atoms with Gasteiger partial charge in [0.25, 0.3) is 0 Å². The zero-order valence-corrected chi connectivity index (χ0v) is 12.4. The van der Waals surface area contributed by atoms with Crippen LogP contribution in [0.25, 0.3) is 0 Å². The minimum absolute atomic E-state index is 0.736. The third kappa shape index (κ3) is 3.15. The zero-order valence-electron chi connectivity index (χ0n) is 12.4. The van der Waals surface area contributed by atoms with Crippen molar-refractivity contribution in [3.8, 4) is 0 Å². The number of anilines is 1. The molecule has 0 unspecified atom stereocenters. The third-order valence-corrected chi connectivity index (χ3v) is 4.89. The molecular formula is C17H27N3. The number of hydrogen-bond donors (Lipinski definition) is 1. The fourth-order valence-corrected chi connectivity index (χ4v) is 3.65. The molecule has 1 saturated heterocycles. The maximum atomic E-state index is 5.60. The van der Waals surface area contributed by atoms with Gasteiger partial charge in [-0.15, -0.1) is 0 Å². The molecule has 0 spiro atoms. The molecule has 110 valence electrons. The van der Waals surface area contributed by atoms with Gasteiger partial charge in [0.15, 0.2) is 0 Å². The van der Waals surface area contributed by atoms with Crippen molar-refractivity contribution < 1.29 is 0 Å². The lowest BCUT2D eigenvalue weighted by Crippen LogP contribution is -2.49. The monoisotopic (exact) mass is 273 g/mol. The summed E-state index contributed by atoms with van der Waals surface area (Å²) in [5.74, 6) is 0. The average molecular weight is 273 g/mol. The summed E-state index contributed by atoms with van der Waals surface area (Å²) in [7, 11) is 0. The van der Waals surface area contributed by atoms with Crippen LogP contribution in [0.4, 0.5) is 5.69 Å². The number of piperazine rings is 1. The Hall–Kier alpha value is -1.06. The van der Waals surface area contributed by atoms with Gasteiger partial charge in [-0.2, -0.15) is 0 Å². The largest absolute Gasteiger partial charge is 0.369 e. The highest BCUT2D eigenvalue weighted by Crippen LogP contribution is 2.25. The molecule has 1 aromatic rings. The van der Waals surface area contributed by atoms with Gasteiger partial charge in [0.2, 0.25) is 0 Å². The molecule has 3 nitrogen and oxygen atoms in total. The van der Waals surface area contributed by atoms with Crippen LogP contribution in [0.15, 0.2) is 24.3 Å². The molecule has 2 N–H and O–H groups in total. The van der Waals surface area contributed by atoms with Crippen LogP contribution >= 0.6 is 0 Å². The number of nitrogens with two attached hydrogens (primary N) is 1. The molecule has 2 aliphatic rings. The Morgan fingerprint density at radius 3 is 2.20 bits per heavy atom. The number of hydrogen-bond acceptors (Lipinski definition) is 3. The van der Waals surface area contributed by atoms with Gasteiger partial charge in [-0.1, -0.05) is 25.0 Å². The van der Waals surface area contributed by atoms with E-state index >= 15 is 0 Å². The fraction of sp³-hybridized carbons (Fsp3) is 0.647. The van der Waals surface area contributed by atoms with Gasteiger partial charge in [0.1, 0.15) is 0 Å². The first kappa shape index (κ1) is 13.9. The number of rotatable bonds is 4. The standard InChI is InChI=1S/C17H27N3/c18-10-9-15-5-7-17(8-6-15)20-13-11-19(12-14-20)16-3-1-2-4-16/h5-8,16H,1-4,9-14,18H2. The Labute approximate surface area is 122 Å². The fourth-order valence-electron chi connectivity index (χ4n) is 3.65. The lowest BCUT2D eigenvalue weighted by Gasteiger charge is -2.39. The summed E-state index contributed by atoms with van der Waals surface area (Å²) in [5.41, 5.74) is 8.32. The summed E-state index contributed by atoms with van der Waals surface area (Å²) >= 11 is 0. The van der Waals surface area contributed by atoms with Crippen molar-refractivity contribution in [3.05, 3.63) is 29.8 Å². The second-order valence-electron chi connectivity index (χ2n) is 6.17. The first-order valence-corrected chi connectivity index (χ1v) is 8.15. The lowest BCUT2D eigenvalue weighted by atomic mass is 10.1. The number of benzene rings is 1. The predicted octanol–water partition coefficient (Wildman–Crippen LogP) is 2.25. The second kappa shape index (κ2) is 6.59. The summed E-state index contributed by atoms with van der Waals surface area (Å²) < 4.78 is 0. The van der Waals surface area contributed by atoms with Crippen LogP contribution in [0.3, 0.4) is 0 Å². The summed E-state index contributed by atoms with van der Waals surface area (Å²) in [6.07, 6.45) is 6.71. The molecule has 20 heavy (non-hydrogen) atoms. The van der Waals surface area contributed by atoms with Gasteiger partial charge in [0.05, 0.1) is 0 Å². The van der Waals surface area contributed by atoms with Gasteiger partial charge in [-0.25, -0.2) is 0 Å². The molecule has 0 radical (unpaired) electrons. The highest BCUT2D eigenvalue weighted by atomic mass is 15.3. The zero-order chi connectivity index (χ0) is 13.8. The van der Waals surface area contributed by atoms with Crippen LogP contribution in [0, 0.1) is 0 Å². The van der Waals surface area contributed by atoms with Crippen molar-refractivity contribution in [2.75, 3.05) is 37.6 Å². The van der Waals surface area contributed by atoms with Crippen LogP contribution in [0.2, 0.25) is 0 Å². The summed E-state index contributed by atoms with van der Waals surface area (Å²) in [6.45, 7) is 5.54. The average Bonchev–Trinajstić information content (AvgIpc) is 3.03. The number of nitrogens with zero attached hydrogens (tertiary/aromatic N) is 2. The molecule has 1 aliphatic carbocycles. The van der Waals surface area contributed by atoms with Crippen molar-refractivity contribution in [1.29, 1.82) is 0 Å². The van der Waals surface area contributed by atoms with Crippen molar-refractivity contribution in [1.82, 2.24) is 4.90 Å². The predicted molar refractivity (Wildman–Crippen MR) is 85.2 cm³/mol. The van der Waals surface area contributed by atoms with Gasteiger partial charge >= 0.3 is 0 Å². The lowest BCUT2D eigenvalue weighted by molar-refractivity contribution is 0.187. The van der Waals surface area contributed by atoms with Gasteiger partial charge in [0, 0.05) is 37.9 Å². The minimum Gasteiger partial charge on any atom is -0.369 e. The highest BCUT2D eigenvalue weighted by molar-refractivity contribution is 5.48. The molecule has 0 amide bonds. The molecule has 3 heteroatoms. The summed E-state index contributed by atoms with van der Waals surface area (Å²) in [6, 6.07) is 9.85. The Balaban J connectivity index is 1.54. The van der Waals surface area contributed by atoms with Crippen molar-refractivity contribution in [3.63, 3.8) is 0 Å². The molecule has 2 fully saturated rings. The highest BCUT2D eigenvalue weighted by Gasteiger charge is 2.25. The molecule has 0 atom stereocenters. The van der Waals surface area contributed by atoms with E-state index in [-0.39, 0.29) is 0 Å². The Bertz CT molecular complexity index is 401. The van der Waals surface area contributed by atoms with E-state index in [9.17, 15) is 0 Å². The van der Waals surface area contributed by atoms with Gasteiger partial charge < -0.3 is 10.6 Å². The van der Waals surface area contributed by atoms with Crippen molar-refractivity contribution >= 4 is 5.69 Å². The third-order valence-electron chi connectivity index (χ3n) is 4.89. The maximum absolute atomic E-state index is 5.60. The minimum atomic E-state index is 0.736. The van der Waals surface area contributed by atoms with Crippen LogP contribution in [0.1, 0.15) is 31.2 Å². The van der Waals surface area contributed by atoms with Crippen LogP contribution in [-0.4, -0.2) is 43.7 Å². The van der Waals surface area contributed by atoms with E-state index in [1.54, 1.807) is 0 Å². The first-order chi connectivity index (χ1) is 9.86. The molecule has 1 aromatic carbocycles. The Morgan fingerprint density at radius 1 is 0.950 bits per heavy atom. The van der Waals surface area contributed by atoms with Crippen LogP contribution < -0.4 is 10.6 Å². The molecular weight excluding hydrogens is 246 g/mol. The molecule has 3 rings (SSSR count). The van der Waals surface area contributed by atoms with Crippen molar-refractivity contribution in [2.45, 2.75) is 38.1 Å². The second-order valence-corrected chi connectivity index (χ2v) is 6.17. The topological polar surface area (TPSA) is 32.5 Å². The SMILES string of the molecule is NCCc1ccc(N2CCN(C3CCCC3)CC2)cc1. The Kier molecular flexibility index (Phi) is 4.58. The van der Waals surface area contributed by atoms with E-state index in [0.29, 0.717) is 0 Å². The Morgan fingerprint density at radius 2 is 1.60 bits per heavy atom. The van der Waals surface area contributed by atoms with Gasteiger partial charge in [-0.05, 0) is 43.5 Å². The smallest absolute Gasteiger partial charge is 0.0367 e. The summed E-state index contributed by atoms with van der Waals surface area (Å²) in [4.78, 5) is 5.24. The normalized spacial score (nSPS) is 21.6. The molecule has 1 aliphatic heterocycles. The molecule has 1 heterocycles. The quantitative estimate of drug-likeness (QED) is 0.913. The van der Waals surface area contributed by atoms with E-state index in [1.165, 1.54) is 63.1 Å². The maximum Gasteiger partial charge on any atom is 0.0367 e. The molecule has 0 aromatic heterocycles. The van der Waals surface area contributed by atoms with Crippen LogP contribution in [-0.2, 0) is 6.42 Å². The first-order valence-electron chi connectivity index (χ1n) is 8.15. The van der Waals surface area contributed by atoms with E-state index in [2.05, 4.69) is 34.1 Å². The van der Waals surface area contributed by atoms with Crippen molar-refractivity contribution in [2.24, 2.45) is 5.73 Å². The van der Waals surface area contributed by atoms with E-state index in [4.69, 9.17) is 5.73 Å². The van der Waals surface area contributed by atoms with E-state index in [0.717, 1.165) is 19.0 Å². The summed E-state index contributed by atoms with van der Waals surface area (Å²) in [5, 5.41) is 0. The van der Waals surface area contributed by atoms with Gasteiger partial charge in [-0.3, -0.25) is 4.90 Å². The molecule has 0 bridgehead atoms. The van der Waals surface area contributed by atoms with Crippen LogP contribution in [0.5, 0.6) is 0 Å². The molecule has 1 saturated carbocycles.